The van der Waals surface area contributed by atoms with E-state index in [-0.39, 0.29) is 10.8 Å². The molecule has 8 aliphatic carbocycles. The molecule has 0 aromatic carbocycles. The largest absolute Gasteiger partial charge is 0.300 e. The molecular formula is C42H66O2. The second kappa shape index (κ2) is 11.4. The van der Waals surface area contributed by atoms with E-state index in [1.807, 2.05) is 6.08 Å². The average Bonchev–Trinajstić information content (AvgIpc) is 3.54. The maximum Gasteiger partial charge on any atom is 0.155 e. The monoisotopic (exact) mass is 603 g/mol. The van der Waals surface area contributed by atoms with Gasteiger partial charge in [-0.15, -0.1) is 0 Å². The average molecular weight is 603 g/mol. The summed E-state index contributed by atoms with van der Waals surface area (Å²) >= 11 is 0. The highest BCUT2D eigenvalue weighted by molar-refractivity contribution is 5.91. The lowest BCUT2D eigenvalue weighted by atomic mass is 9.45. The van der Waals surface area contributed by atoms with E-state index in [4.69, 9.17) is 0 Å². The number of allylic oxidation sites excluding steroid dienone is 1. The Morgan fingerprint density at radius 2 is 1.36 bits per heavy atom. The van der Waals surface area contributed by atoms with Crippen molar-refractivity contribution in [2.24, 2.45) is 74.9 Å². The van der Waals surface area contributed by atoms with Crippen LogP contribution in [0.2, 0.25) is 0 Å². The molecule has 0 heterocycles. The van der Waals surface area contributed by atoms with Crippen LogP contribution < -0.4 is 0 Å². The minimum atomic E-state index is 0.245. The molecule has 0 bridgehead atoms. The Balaban J connectivity index is 0.000000143. The standard InChI is InChI=1S/C21H30O2.C21H36/c1-13(22)17-6-7-18-16-5-4-14-12-15(23)8-10-20(14,2)19(16)9-11-21(17,18)3;1-4-15-9-11-18-17-10-8-16-7-5-6-13-20(16,2)19(17)12-14-21(15,18)3/h12,16-19H,4-11H2,1-3H3;15-19H,4-14H2,1-3H3/t16-,17+,18-,19-,20-,21+;15-,16?,17-,18-,19-,20-,21+/m00/s1. The van der Waals surface area contributed by atoms with Gasteiger partial charge < -0.3 is 0 Å². The molecule has 1 unspecified atom stereocenters. The van der Waals surface area contributed by atoms with E-state index in [2.05, 4.69) is 34.6 Å². The molecule has 44 heavy (non-hydrogen) atoms. The molecule has 0 saturated heterocycles. The van der Waals surface area contributed by atoms with Gasteiger partial charge in [-0.05, 0) is 178 Å². The quantitative estimate of drug-likeness (QED) is 0.315. The Bertz CT molecular complexity index is 1170. The number of carbonyl (C=O) groups excluding carboxylic acids is 2. The van der Waals surface area contributed by atoms with Crippen LogP contribution in [0.1, 0.15) is 164 Å². The van der Waals surface area contributed by atoms with Gasteiger partial charge in [-0.3, -0.25) is 9.59 Å². The lowest BCUT2D eigenvalue weighted by Gasteiger charge is -2.60. The predicted octanol–water partition coefficient (Wildman–Crippen LogP) is 11.2. The van der Waals surface area contributed by atoms with Crippen molar-refractivity contribution in [1.82, 2.24) is 0 Å². The minimum absolute atomic E-state index is 0.245. The lowest BCUT2D eigenvalue weighted by molar-refractivity contribution is -0.128. The van der Waals surface area contributed by atoms with Crippen LogP contribution in [-0.2, 0) is 9.59 Å². The van der Waals surface area contributed by atoms with Crippen LogP contribution in [0.5, 0.6) is 0 Å². The summed E-state index contributed by atoms with van der Waals surface area (Å²) in [7, 11) is 0. The summed E-state index contributed by atoms with van der Waals surface area (Å²) < 4.78 is 0. The van der Waals surface area contributed by atoms with Gasteiger partial charge in [-0.2, -0.15) is 0 Å². The van der Waals surface area contributed by atoms with Gasteiger partial charge in [0.05, 0.1) is 0 Å². The van der Waals surface area contributed by atoms with Crippen molar-refractivity contribution in [3.63, 3.8) is 0 Å². The van der Waals surface area contributed by atoms with Gasteiger partial charge in [0.2, 0.25) is 0 Å². The summed E-state index contributed by atoms with van der Waals surface area (Å²) in [5.74, 6) is 8.69. The van der Waals surface area contributed by atoms with E-state index in [0.717, 1.165) is 78.4 Å². The maximum absolute atomic E-state index is 12.1. The Labute approximate surface area is 270 Å². The van der Waals surface area contributed by atoms with Crippen LogP contribution in [0.15, 0.2) is 11.6 Å². The zero-order chi connectivity index (χ0) is 31.1. The second-order valence-corrected chi connectivity index (χ2v) is 18.9. The van der Waals surface area contributed by atoms with E-state index in [0.29, 0.717) is 22.9 Å². The van der Waals surface area contributed by atoms with E-state index in [9.17, 15) is 9.59 Å². The third kappa shape index (κ3) is 4.65. The summed E-state index contributed by atoms with van der Waals surface area (Å²) in [5, 5.41) is 0. The number of hydrogen-bond acceptors (Lipinski definition) is 2. The highest BCUT2D eigenvalue weighted by Gasteiger charge is 2.61. The van der Waals surface area contributed by atoms with Crippen molar-refractivity contribution < 1.29 is 9.59 Å². The topological polar surface area (TPSA) is 34.1 Å². The fourth-order valence-corrected chi connectivity index (χ4v) is 15.3. The zero-order valence-corrected chi connectivity index (χ0v) is 29.5. The molecule has 0 aromatic rings. The SMILES string of the molecule is CC(=O)[C@H]1CC[C@H]2[C@@H]3CCC4=CC(=O)CC[C@]4(C)[C@H]3CC[C@]12C.CC[C@H]1CC[C@H]2[C@@H]3CCC4CCCC[C@]4(C)[C@H]3CC[C@]12C. The highest BCUT2D eigenvalue weighted by Crippen LogP contribution is 2.69. The van der Waals surface area contributed by atoms with Gasteiger partial charge in [-0.1, -0.05) is 59.5 Å². The Morgan fingerprint density at radius 3 is 2.14 bits per heavy atom. The summed E-state index contributed by atoms with van der Waals surface area (Å²) in [5.41, 5.74) is 3.39. The molecule has 0 spiro atoms. The van der Waals surface area contributed by atoms with E-state index >= 15 is 0 Å². The molecule has 0 aromatic heterocycles. The minimum Gasteiger partial charge on any atom is -0.300 e. The summed E-state index contributed by atoms with van der Waals surface area (Å²) in [6.45, 7) is 14.5. The third-order valence-corrected chi connectivity index (χ3v) is 17.7. The van der Waals surface area contributed by atoms with Gasteiger partial charge in [0.1, 0.15) is 5.78 Å². The van der Waals surface area contributed by atoms with Crippen molar-refractivity contribution in [2.75, 3.05) is 0 Å². The Kier molecular flexibility index (Phi) is 8.17. The van der Waals surface area contributed by atoms with Gasteiger partial charge >= 0.3 is 0 Å². The number of rotatable bonds is 2. The first-order chi connectivity index (χ1) is 21.0. The van der Waals surface area contributed by atoms with Crippen molar-refractivity contribution in [3.05, 3.63) is 11.6 Å². The molecule has 13 atom stereocenters. The smallest absolute Gasteiger partial charge is 0.155 e. The molecule has 7 saturated carbocycles. The van der Waals surface area contributed by atoms with E-state index in [1.54, 1.807) is 58.3 Å². The van der Waals surface area contributed by atoms with Crippen molar-refractivity contribution >= 4 is 11.6 Å². The van der Waals surface area contributed by atoms with Gasteiger partial charge in [0.15, 0.2) is 5.78 Å². The second-order valence-electron chi connectivity index (χ2n) is 18.9. The fourth-order valence-electron chi connectivity index (χ4n) is 15.3. The molecule has 8 aliphatic rings. The van der Waals surface area contributed by atoms with Crippen LogP contribution in [0.3, 0.4) is 0 Å². The molecule has 246 valence electrons. The lowest BCUT2D eigenvalue weighted by Crippen LogP contribution is -2.52. The number of ketones is 2. The number of carbonyl (C=O) groups is 2. The molecular weight excluding hydrogens is 536 g/mol. The first-order valence-electron chi connectivity index (χ1n) is 19.7. The Morgan fingerprint density at radius 1 is 0.682 bits per heavy atom. The van der Waals surface area contributed by atoms with Crippen molar-refractivity contribution in [3.8, 4) is 0 Å². The molecule has 2 heteroatoms. The van der Waals surface area contributed by atoms with Crippen LogP contribution in [-0.4, -0.2) is 11.6 Å². The molecule has 7 fully saturated rings. The summed E-state index contributed by atoms with van der Waals surface area (Å²) in [4.78, 5) is 24.0. The number of hydrogen-bond donors (Lipinski definition) is 0. The fraction of sp³-hybridized carbons (Fsp3) is 0.905. The third-order valence-electron chi connectivity index (χ3n) is 17.7. The maximum atomic E-state index is 12.1. The summed E-state index contributed by atoms with van der Waals surface area (Å²) in [6, 6.07) is 0. The molecule has 0 radical (unpaired) electrons. The van der Waals surface area contributed by atoms with E-state index in [1.165, 1.54) is 50.5 Å². The zero-order valence-electron chi connectivity index (χ0n) is 29.5. The van der Waals surface area contributed by atoms with Crippen LogP contribution in [0.4, 0.5) is 0 Å². The van der Waals surface area contributed by atoms with Crippen LogP contribution >= 0.6 is 0 Å². The van der Waals surface area contributed by atoms with E-state index < -0.39 is 0 Å². The first-order valence-corrected chi connectivity index (χ1v) is 19.7. The highest BCUT2D eigenvalue weighted by atomic mass is 16.1. The molecule has 0 amide bonds. The number of fused-ring (bicyclic) bond motifs is 10. The van der Waals surface area contributed by atoms with Crippen molar-refractivity contribution in [1.29, 1.82) is 0 Å². The molecule has 8 rings (SSSR count). The molecule has 0 aliphatic heterocycles. The van der Waals surface area contributed by atoms with Gasteiger partial charge in [-0.25, -0.2) is 0 Å². The van der Waals surface area contributed by atoms with Gasteiger partial charge in [0.25, 0.3) is 0 Å². The predicted molar refractivity (Wildman–Crippen MR) is 181 cm³/mol. The van der Waals surface area contributed by atoms with Crippen molar-refractivity contribution in [2.45, 2.75) is 164 Å². The van der Waals surface area contributed by atoms with Crippen LogP contribution in [0.25, 0.3) is 0 Å². The van der Waals surface area contributed by atoms with Crippen LogP contribution in [0, 0.1) is 74.9 Å². The Hall–Kier alpha value is -0.920. The summed E-state index contributed by atoms with van der Waals surface area (Å²) in [6.07, 6.45) is 27.9. The molecule has 2 nitrogen and oxygen atoms in total. The first kappa shape index (κ1) is 31.7. The molecule has 0 N–H and O–H groups in total. The normalized spacial score (nSPS) is 52.5. The number of Topliss-reactive ketones (excluding diaryl/α,β-unsaturated/α-hetero) is 1. The van der Waals surface area contributed by atoms with Gasteiger partial charge in [0, 0.05) is 12.3 Å².